The summed E-state index contributed by atoms with van der Waals surface area (Å²) in [5, 5.41) is 13.5. The van der Waals surface area contributed by atoms with Crippen LogP contribution >= 0.6 is 11.6 Å². The molecule has 0 spiro atoms. The van der Waals surface area contributed by atoms with Crippen LogP contribution in [-0.2, 0) is 22.6 Å². The highest BCUT2D eigenvalue weighted by molar-refractivity contribution is 6.30. The van der Waals surface area contributed by atoms with E-state index in [1.54, 1.807) is 4.90 Å². The predicted molar refractivity (Wildman–Crippen MR) is 114 cm³/mol. The average Bonchev–Trinajstić information content (AvgIpc) is 2.71. The summed E-state index contributed by atoms with van der Waals surface area (Å²) in [6.45, 7) is 0.495. The van der Waals surface area contributed by atoms with Gasteiger partial charge in [0.2, 0.25) is 11.8 Å². The molecule has 0 radical (unpaired) electrons. The number of halogens is 1. The molecule has 5 nitrogen and oxygen atoms in total. The zero-order valence-corrected chi connectivity index (χ0v) is 17.0. The van der Waals surface area contributed by atoms with Crippen LogP contribution in [0.15, 0.2) is 42.5 Å². The minimum Gasteiger partial charge on any atom is -0.393 e. The summed E-state index contributed by atoms with van der Waals surface area (Å²) in [5.74, 6) is -0.0770. The van der Waals surface area contributed by atoms with Gasteiger partial charge in [-0.05, 0) is 67.1 Å². The lowest BCUT2D eigenvalue weighted by molar-refractivity contribution is -0.122. The van der Waals surface area contributed by atoms with Crippen LogP contribution in [-0.4, -0.2) is 23.0 Å². The Bertz CT molecular complexity index is 913. The topological polar surface area (TPSA) is 69.6 Å². The van der Waals surface area contributed by atoms with Crippen molar-refractivity contribution in [3.8, 4) is 0 Å². The van der Waals surface area contributed by atoms with Crippen LogP contribution < -0.4 is 10.2 Å². The van der Waals surface area contributed by atoms with E-state index in [2.05, 4.69) is 5.32 Å². The highest BCUT2D eigenvalue weighted by atomic mass is 35.5. The first-order valence-corrected chi connectivity index (χ1v) is 10.5. The van der Waals surface area contributed by atoms with Crippen LogP contribution in [0.3, 0.4) is 0 Å². The Hall–Kier alpha value is -2.37. The first-order chi connectivity index (χ1) is 14.0. The molecule has 2 aliphatic rings. The molecule has 1 fully saturated rings. The molecule has 1 saturated carbocycles. The normalized spacial score (nSPS) is 21.6. The highest BCUT2D eigenvalue weighted by Crippen LogP contribution is 2.32. The van der Waals surface area contributed by atoms with Gasteiger partial charge in [0.1, 0.15) is 0 Å². The number of hydrogen-bond acceptors (Lipinski definition) is 3. The maximum atomic E-state index is 12.6. The average molecular weight is 413 g/mol. The first kappa shape index (κ1) is 19.9. The molecular weight excluding hydrogens is 388 g/mol. The summed E-state index contributed by atoms with van der Waals surface area (Å²) in [6.07, 6.45) is 3.74. The standard InChI is InChI=1S/C23H25ClN2O3/c24-18-7-4-15(5-8-18)14-26-21-10-9-19(12-16(21)6-11-22(26)28)25-23(29)17-2-1-3-20(27)13-17/h4-5,7-10,12,17,20,27H,1-3,6,11,13-14H2,(H,25,29). The molecule has 2 aromatic rings. The van der Waals surface area contributed by atoms with Gasteiger partial charge in [0, 0.05) is 28.7 Å². The number of carbonyl (C=O) groups excluding carboxylic acids is 2. The van der Waals surface area contributed by atoms with Gasteiger partial charge in [-0.2, -0.15) is 0 Å². The predicted octanol–water partition coefficient (Wildman–Crippen LogP) is 4.31. The molecule has 1 heterocycles. The Morgan fingerprint density at radius 3 is 2.69 bits per heavy atom. The molecular formula is C23H25ClN2O3. The second-order valence-corrected chi connectivity index (χ2v) is 8.39. The van der Waals surface area contributed by atoms with Crippen molar-refractivity contribution in [1.29, 1.82) is 0 Å². The van der Waals surface area contributed by atoms with E-state index in [0.717, 1.165) is 41.8 Å². The second kappa shape index (κ2) is 8.56. The number of rotatable bonds is 4. The monoisotopic (exact) mass is 412 g/mol. The van der Waals surface area contributed by atoms with Gasteiger partial charge in [0.15, 0.2) is 0 Å². The molecule has 2 atom stereocenters. The highest BCUT2D eigenvalue weighted by Gasteiger charge is 2.27. The minimum atomic E-state index is -0.379. The Kier molecular flexibility index (Phi) is 5.88. The van der Waals surface area contributed by atoms with E-state index in [1.165, 1.54) is 0 Å². The lowest BCUT2D eigenvalue weighted by atomic mass is 9.86. The molecule has 4 rings (SSSR count). The van der Waals surface area contributed by atoms with Gasteiger partial charge in [0.05, 0.1) is 12.6 Å². The van der Waals surface area contributed by atoms with E-state index in [9.17, 15) is 14.7 Å². The number of anilines is 2. The van der Waals surface area contributed by atoms with E-state index in [4.69, 9.17) is 11.6 Å². The summed E-state index contributed by atoms with van der Waals surface area (Å²) in [5.41, 5.74) is 3.71. The van der Waals surface area contributed by atoms with Crippen molar-refractivity contribution < 1.29 is 14.7 Å². The number of benzene rings is 2. The van der Waals surface area contributed by atoms with Crippen molar-refractivity contribution in [2.24, 2.45) is 5.92 Å². The Morgan fingerprint density at radius 1 is 1.14 bits per heavy atom. The molecule has 0 bridgehead atoms. The third-order valence-corrected chi connectivity index (χ3v) is 6.07. The number of aliphatic hydroxyl groups excluding tert-OH is 1. The quantitative estimate of drug-likeness (QED) is 0.786. The Balaban J connectivity index is 1.49. The summed E-state index contributed by atoms with van der Waals surface area (Å²) in [4.78, 5) is 26.9. The summed E-state index contributed by atoms with van der Waals surface area (Å²) < 4.78 is 0. The van der Waals surface area contributed by atoms with E-state index in [1.807, 2.05) is 42.5 Å². The minimum absolute atomic E-state index is 0.0337. The number of aliphatic hydroxyl groups is 1. The lowest BCUT2D eigenvalue weighted by Crippen LogP contribution is -2.34. The van der Waals surface area contributed by atoms with Crippen molar-refractivity contribution in [2.45, 2.75) is 51.2 Å². The van der Waals surface area contributed by atoms with Crippen molar-refractivity contribution >= 4 is 34.8 Å². The van der Waals surface area contributed by atoms with Gasteiger partial charge in [-0.1, -0.05) is 30.2 Å². The number of aryl methyl sites for hydroxylation is 1. The Labute approximate surface area is 175 Å². The first-order valence-electron chi connectivity index (χ1n) is 10.2. The SMILES string of the molecule is O=C(Nc1ccc2c(c1)CCC(=O)N2Cc1ccc(Cl)cc1)C1CCCC(O)C1. The molecule has 2 N–H and O–H groups in total. The Morgan fingerprint density at radius 2 is 1.93 bits per heavy atom. The summed E-state index contributed by atoms with van der Waals surface area (Å²) >= 11 is 5.96. The fourth-order valence-corrected chi connectivity index (χ4v) is 4.36. The maximum Gasteiger partial charge on any atom is 0.227 e. The molecule has 2 aromatic carbocycles. The molecule has 152 valence electrons. The zero-order valence-electron chi connectivity index (χ0n) is 16.2. The number of hydrogen-bond donors (Lipinski definition) is 2. The largest absolute Gasteiger partial charge is 0.393 e. The van der Waals surface area contributed by atoms with Gasteiger partial charge >= 0.3 is 0 Å². The van der Waals surface area contributed by atoms with Gasteiger partial charge in [-0.15, -0.1) is 0 Å². The number of amides is 2. The zero-order chi connectivity index (χ0) is 20.4. The lowest BCUT2D eigenvalue weighted by Gasteiger charge is -2.30. The molecule has 6 heteroatoms. The van der Waals surface area contributed by atoms with Crippen molar-refractivity contribution in [3.63, 3.8) is 0 Å². The molecule has 1 aliphatic carbocycles. The van der Waals surface area contributed by atoms with Crippen LogP contribution in [0.2, 0.25) is 5.02 Å². The molecule has 1 aliphatic heterocycles. The number of nitrogens with one attached hydrogen (secondary N) is 1. The van der Waals surface area contributed by atoms with Crippen LogP contribution in [0.1, 0.15) is 43.2 Å². The smallest absolute Gasteiger partial charge is 0.227 e. The molecule has 2 amide bonds. The van der Waals surface area contributed by atoms with Crippen LogP contribution in [0.25, 0.3) is 0 Å². The van der Waals surface area contributed by atoms with Crippen molar-refractivity contribution in [3.05, 3.63) is 58.6 Å². The summed E-state index contributed by atoms with van der Waals surface area (Å²) in [7, 11) is 0. The number of carbonyl (C=O) groups is 2. The fraction of sp³-hybridized carbons (Fsp3) is 0.391. The third kappa shape index (κ3) is 4.62. The summed E-state index contributed by atoms with van der Waals surface area (Å²) in [6, 6.07) is 13.2. The van der Waals surface area contributed by atoms with Gasteiger partial charge in [-0.25, -0.2) is 0 Å². The molecule has 2 unspecified atom stereocenters. The van der Waals surface area contributed by atoms with Crippen molar-refractivity contribution in [2.75, 3.05) is 10.2 Å². The molecule has 29 heavy (non-hydrogen) atoms. The number of nitrogens with zero attached hydrogens (tertiary/aromatic N) is 1. The van der Waals surface area contributed by atoms with E-state index in [0.29, 0.717) is 30.8 Å². The third-order valence-electron chi connectivity index (χ3n) is 5.82. The van der Waals surface area contributed by atoms with E-state index < -0.39 is 0 Å². The fourth-order valence-electron chi connectivity index (χ4n) is 4.23. The number of fused-ring (bicyclic) bond motifs is 1. The van der Waals surface area contributed by atoms with Crippen LogP contribution in [0, 0.1) is 5.92 Å². The van der Waals surface area contributed by atoms with Gasteiger partial charge in [0.25, 0.3) is 0 Å². The van der Waals surface area contributed by atoms with Gasteiger partial charge < -0.3 is 15.3 Å². The molecule has 0 aromatic heterocycles. The van der Waals surface area contributed by atoms with E-state index in [-0.39, 0.29) is 23.8 Å². The second-order valence-electron chi connectivity index (χ2n) is 7.96. The van der Waals surface area contributed by atoms with E-state index >= 15 is 0 Å². The van der Waals surface area contributed by atoms with Crippen LogP contribution in [0.4, 0.5) is 11.4 Å². The maximum absolute atomic E-state index is 12.6. The van der Waals surface area contributed by atoms with Crippen LogP contribution in [0.5, 0.6) is 0 Å². The van der Waals surface area contributed by atoms with Gasteiger partial charge in [-0.3, -0.25) is 9.59 Å². The molecule has 0 saturated heterocycles. The van der Waals surface area contributed by atoms with Crippen molar-refractivity contribution in [1.82, 2.24) is 0 Å².